The van der Waals surface area contributed by atoms with Crippen molar-refractivity contribution >= 4 is 62.5 Å². The number of carbonyl (C=O) groups excluding carboxylic acids is 2. The minimum absolute atomic E-state index is 0.0229. The summed E-state index contributed by atoms with van der Waals surface area (Å²) in [7, 11) is 1.51. The Labute approximate surface area is 267 Å². The molecule has 1 atom stereocenters. The van der Waals surface area contributed by atoms with Crippen LogP contribution in [0.1, 0.15) is 54.1 Å². The van der Waals surface area contributed by atoms with Crippen LogP contribution in [0.2, 0.25) is 5.02 Å². The number of Topliss-reactive ketones (excluding diaryl/α,β-unsaturated/α-hetero) is 1. The van der Waals surface area contributed by atoms with Crippen molar-refractivity contribution in [2.45, 2.75) is 42.3 Å². The fourth-order valence-corrected chi connectivity index (χ4v) is 7.22. The Kier molecular flexibility index (Phi) is 8.00. The number of carbonyl (C=O) groups is 2. The number of thioether (sulfide) groups is 1. The van der Waals surface area contributed by atoms with Gasteiger partial charge in [-0.05, 0) is 40.3 Å². The molecule has 0 saturated carbocycles. The summed E-state index contributed by atoms with van der Waals surface area (Å²) in [5.74, 6) is -1.01. The Hall–Kier alpha value is -4.12. The predicted octanol–water partition coefficient (Wildman–Crippen LogP) is 8.32. The molecule has 0 radical (unpaired) electrons. The van der Waals surface area contributed by atoms with Gasteiger partial charge in [-0.15, -0.1) is 10.2 Å². The highest BCUT2D eigenvalue weighted by molar-refractivity contribution is 8.00. The van der Waals surface area contributed by atoms with Gasteiger partial charge in [-0.2, -0.15) is 0 Å². The average Bonchev–Trinajstić information content (AvgIpc) is 3.72. The van der Waals surface area contributed by atoms with Crippen LogP contribution in [0.5, 0.6) is 5.75 Å². The average molecular weight is 646 g/mol. The van der Waals surface area contributed by atoms with Gasteiger partial charge in [0.1, 0.15) is 0 Å². The van der Waals surface area contributed by atoms with Crippen LogP contribution in [0.15, 0.2) is 92.9 Å². The molecule has 3 heterocycles. The number of hydrogen-bond acceptors (Lipinski definition) is 9. The molecule has 0 aliphatic carbocycles. The van der Waals surface area contributed by atoms with Crippen LogP contribution in [-0.2, 0) is 16.0 Å². The molecular weight excluding hydrogens is 618 g/mol. The van der Waals surface area contributed by atoms with Gasteiger partial charge in [-0.3, -0.25) is 14.5 Å². The van der Waals surface area contributed by atoms with Crippen LogP contribution in [0.25, 0.3) is 11.0 Å². The number of anilines is 1. The number of aliphatic hydroxyl groups excluding tert-OH is 1. The van der Waals surface area contributed by atoms with E-state index in [0.717, 1.165) is 11.1 Å². The number of benzene rings is 3. The molecule has 0 spiro atoms. The molecule has 5 aromatic rings. The number of fused-ring (bicyclic) bond motifs is 1. The van der Waals surface area contributed by atoms with Crippen molar-refractivity contribution in [3.63, 3.8) is 0 Å². The molecule has 1 unspecified atom stereocenters. The molecule has 3 aromatic carbocycles. The highest BCUT2D eigenvalue weighted by Crippen LogP contribution is 2.45. The van der Waals surface area contributed by atoms with Crippen molar-refractivity contribution < 1.29 is 23.8 Å². The summed E-state index contributed by atoms with van der Waals surface area (Å²) >= 11 is 8.95. The van der Waals surface area contributed by atoms with Crippen molar-refractivity contribution in [2.75, 3.05) is 12.0 Å². The molecule has 6 rings (SSSR count). The van der Waals surface area contributed by atoms with E-state index in [2.05, 4.69) is 31.0 Å². The molecule has 0 saturated heterocycles. The van der Waals surface area contributed by atoms with Crippen molar-refractivity contribution in [1.82, 2.24) is 10.2 Å². The van der Waals surface area contributed by atoms with Gasteiger partial charge in [-0.1, -0.05) is 110 Å². The summed E-state index contributed by atoms with van der Waals surface area (Å²) in [6.45, 7) is 6.31. The largest absolute Gasteiger partial charge is 0.503 e. The fraction of sp³-hybridized carbons (Fsp3) is 0.212. The van der Waals surface area contributed by atoms with Gasteiger partial charge in [0.05, 0.1) is 18.7 Å². The molecule has 1 amide bonds. The van der Waals surface area contributed by atoms with Gasteiger partial charge in [0.25, 0.3) is 5.91 Å². The van der Waals surface area contributed by atoms with E-state index in [1.165, 1.54) is 35.1 Å². The Morgan fingerprint density at radius 1 is 1.09 bits per heavy atom. The van der Waals surface area contributed by atoms with Crippen LogP contribution in [0.3, 0.4) is 0 Å². The number of methoxy groups -OCH3 is 1. The first-order valence-corrected chi connectivity index (χ1v) is 15.9. The van der Waals surface area contributed by atoms with E-state index in [4.69, 9.17) is 20.8 Å². The summed E-state index contributed by atoms with van der Waals surface area (Å²) in [5.41, 5.74) is 2.84. The molecule has 224 valence electrons. The third-order valence-electron chi connectivity index (χ3n) is 7.41. The third-order valence-corrected chi connectivity index (χ3v) is 9.88. The number of halogens is 1. The van der Waals surface area contributed by atoms with Crippen LogP contribution in [0.4, 0.5) is 5.13 Å². The van der Waals surface area contributed by atoms with E-state index >= 15 is 0 Å². The number of rotatable bonds is 8. The zero-order valence-electron chi connectivity index (χ0n) is 24.3. The monoisotopic (exact) mass is 645 g/mol. The second-order valence-corrected chi connectivity index (χ2v) is 13.8. The van der Waals surface area contributed by atoms with Crippen molar-refractivity contribution in [3.05, 3.63) is 112 Å². The fourth-order valence-electron chi connectivity index (χ4n) is 5.07. The number of aromatic nitrogens is 2. The summed E-state index contributed by atoms with van der Waals surface area (Å²) in [6.07, 6.45) is 0. The number of para-hydroxylation sites is 1. The van der Waals surface area contributed by atoms with Gasteiger partial charge in [0.15, 0.2) is 27.2 Å². The summed E-state index contributed by atoms with van der Waals surface area (Å²) < 4.78 is 11.9. The van der Waals surface area contributed by atoms with Gasteiger partial charge in [0, 0.05) is 16.2 Å². The van der Waals surface area contributed by atoms with Crippen molar-refractivity contribution in [1.29, 1.82) is 0 Å². The second kappa shape index (κ2) is 11.8. The molecule has 44 heavy (non-hydrogen) atoms. The molecular formula is C33H28ClN3O5S2. The number of hydrogen-bond donors (Lipinski definition) is 1. The van der Waals surface area contributed by atoms with Crippen LogP contribution >= 0.6 is 34.7 Å². The zero-order valence-corrected chi connectivity index (χ0v) is 26.7. The van der Waals surface area contributed by atoms with E-state index in [1.807, 2.05) is 48.5 Å². The lowest BCUT2D eigenvalue weighted by atomic mass is 9.85. The molecule has 11 heteroatoms. The van der Waals surface area contributed by atoms with E-state index in [9.17, 15) is 14.7 Å². The maximum absolute atomic E-state index is 14.1. The predicted molar refractivity (Wildman–Crippen MR) is 173 cm³/mol. The minimum atomic E-state index is -0.964. The second-order valence-electron chi connectivity index (χ2n) is 11.3. The first-order chi connectivity index (χ1) is 21.1. The van der Waals surface area contributed by atoms with E-state index < -0.39 is 23.5 Å². The first kappa shape index (κ1) is 29.9. The lowest BCUT2D eigenvalue weighted by molar-refractivity contribution is -0.117. The highest BCUT2D eigenvalue weighted by Gasteiger charge is 2.47. The van der Waals surface area contributed by atoms with Gasteiger partial charge in [-0.25, -0.2) is 0 Å². The molecule has 2 aromatic heterocycles. The maximum atomic E-state index is 14.1. The molecule has 0 bridgehead atoms. The SMILES string of the molecule is COc1cccc2cc(C(=O)C3=C(O)C(=O)N(c4nnc(SCc5ccccc5Cl)s4)C3c3ccc(C(C)(C)C)cc3)oc12. The normalized spacial score (nSPS) is 15.4. The summed E-state index contributed by atoms with van der Waals surface area (Å²) in [6, 6.07) is 21.1. The molecule has 1 aliphatic heterocycles. The van der Waals surface area contributed by atoms with Gasteiger partial charge < -0.3 is 14.3 Å². The third kappa shape index (κ3) is 5.49. The maximum Gasteiger partial charge on any atom is 0.296 e. The molecule has 8 nitrogen and oxygen atoms in total. The Balaban J connectivity index is 1.39. The number of nitrogens with zero attached hydrogens (tertiary/aromatic N) is 3. The highest BCUT2D eigenvalue weighted by atomic mass is 35.5. The van der Waals surface area contributed by atoms with Crippen LogP contribution in [0, 0.1) is 0 Å². The Morgan fingerprint density at radius 3 is 2.55 bits per heavy atom. The van der Waals surface area contributed by atoms with E-state index in [1.54, 1.807) is 24.3 Å². The first-order valence-electron chi connectivity index (χ1n) is 13.7. The van der Waals surface area contributed by atoms with Gasteiger partial charge in [0.2, 0.25) is 10.9 Å². The Morgan fingerprint density at radius 2 is 1.84 bits per heavy atom. The quantitative estimate of drug-likeness (QED) is 0.102. The minimum Gasteiger partial charge on any atom is -0.503 e. The van der Waals surface area contributed by atoms with Crippen molar-refractivity contribution in [2.24, 2.45) is 0 Å². The lowest BCUT2D eigenvalue weighted by Crippen LogP contribution is -2.31. The number of ether oxygens (including phenoxy) is 1. The summed E-state index contributed by atoms with van der Waals surface area (Å²) in [4.78, 5) is 29.1. The topological polar surface area (TPSA) is 106 Å². The smallest absolute Gasteiger partial charge is 0.296 e. The van der Waals surface area contributed by atoms with Crippen LogP contribution < -0.4 is 9.64 Å². The van der Waals surface area contributed by atoms with Crippen LogP contribution in [-0.4, -0.2) is 34.1 Å². The number of amides is 1. The lowest BCUT2D eigenvalue weighted by Gasteiger charge is -2.25. The Bertz CT molecular complexity index is 1920. The number of furan rings is 1. The standard InChI is InChI=1S/C33H28ClN3O5S2/c1-33(2,3)21-14-12-18(13-15-21)26-25(27(38)24-16-19-9-7-11-23(41-4)29(19)42-24)28(39)30(40)37(26)31-35-36-32(44-31)43-17-20-8-5-6-10-22(20)34/h5-16,26,39H,17H2,1-4H3. The molecule has 0 fully saturated rings. The summed E-state index contributed by atoms with van der Waals surface area (Å²) in [5, 5.41) is 21.4. The number of aliphatic hydroxyl groups is 1. The van der Waals surface area contributed by atoms with E-state index in [-0.39, 0.29) is 21.9 Å². The van der Waals surface area contributed by atoms with Gasteiger partial charge >= 0.3 is 0 Å². The zero-order chi connectivity index (χ0) is 31.2. The molecule has 1 aliphatic rings. The van der Waals surface area contributed by atoms with E-state index in [0.29, 0.717) is 37.4 Å². The number of ketones is 1. The molecule has 1 N–H and O–H groups in total. The van der Waals surface area contributed by atoms with Crippen molar-refractivity contribution in [3.8, 4) is 5.75 Å².